The van der Waals surface area contributed by atoms with E-state index < -0.39 is 10.0 Å². The van der Waals surface area contributed by atoms with E-state index in [1.165, 1.54) is 12.1 Å². The molecule has 5 heteroatoms. The van der Waals surface area contributed by atoms with Gasteiger partial charge < -0.3 is 0 Å². The van der Waals surface area contributed by atoms with Gasteiger partial charge in [-0.2, -0.15) is 9.57 Å². The van der Waals surface area contributed by atoms with Crippen LogP contribution in [0.15, 0.2) is 29.2 Å². The molecule has 0 saturated carbocycles. The Balaban J connectivity index is 2.33. The van der Waals surface area contributed by atoms with Crippen molar-refractivity contribution in [3.63, 3.8) is 0 Å². The van der Waals surface area contributed by atoms with Gasteiger partial charge in [0.15, 0.2) is 0 Å². The molecule has 1 heterocycles. The molecule has 1 fully saturated rings. The molecule has 2 atom stereocenters. The molecular formula is C14H18N2O2S. The zero-order valence-electron chi connectivity index (χ0n) is 11.2. The van der Waals surface area contributed by atoms with Crippen molar-refractivity contribution in [2.24, 2.45) is 5.92 Å². The number of benzene rings is 1. The quantitative estimate of drug-likeness (QED) is 0.834. The number of rotatable bonds is 2. The first-order valence-corrected chi connectivity index (χ1v) is 7.91. The Morgan fingerprint density at radius 2 is 1.84 bits per heavy atom. The smallest absolute Gasteiger partial charge is 0.207 e. The second kappa shape index (κ2) is 5.32. The second-order valence-corrected chi connectivity index (χ2v) is 7.13. The topological polar surface area (TPSA) is 61.2 Å². The molecule has 0 radical (unpaired) electrons. The van der Waals surface area contributed by atoms with Gasteiger partial charge in [-0.3, -0.25) is 0 Å². The van der Waals surface area contributed by atoms with Gasteiger partial charge >= 0.3 is 0 Å². The number of hydrogen-bond acceptors (Lipinski definition) is 3. The lowest BCUT2D eigenvalue weighted by atomic mass is 9.97. The van der Waals surface area contributed by atoms with Crippen LogP contribution >= 0.6 is 0 Å². The van der Waals surface area contributed by atoms with Crippen LogP contribution in [0.1, 0.15) is 32.3 Å². The van der Waals surface area contributed by atoms with Gasteiger partial charge in [0, 0.05) is 12.6 Å². The highest BCUT2D eigenvalue weighted by atomic mass is 32.2. The molecule has 0 aromatic heterocycles. The van der Waals surface area contributed by atoms with Gasteiger partial charge in [0.2, 0.25) is 10.0 Å². The first kappa shape index (κ1) is 14.0. The van der Waals surface area contributed by atoms with Crippen LogP contribution in [-0.2, 0) is 10.0 Å². The Morgan fingerprint density at radius 1 is 1.21 bits per heavy atom. The van der Waals surface area contributed by atoms with E-state index in [4.69, 9.17) is 5.26 Å². The zero-order valence-corrected chi connectivity index (χ0v) is 12.0. The zero-order chi connectivity index (χ0) is 14.0. The van der Waals surface area contributed by atoms with E-state index in [1.54, 1.807) is 16.4 Å². The first-order valence-electron chi connectivity index (χ1n) is 6.47. The van der Waals surface area contributed by atoms with Gasteiger partial charge in [-0.1, -0.05) is 6.92 Å². The summed E-state index contributed by atoms with van der Waals surface area (Å²) in [5.74, 6) is 0.393. The van der Waals surface area contributed by atoms with Crippen molar-refractivity contribution in [1.82, 2.24) is 4.31 Å². The lowest BCUT2D eigenvalue weighted by molar-refractivity contribution is 0.218. The lowest BCUT2D eigenvalue weighted by Crippen LogP contribution is -2.44. The fourth-order valence-electron chi connectivity index (χ4n) is 2.42. The molecule has 4 nitrogen and oxygen atoms in total. The van der Waals surface area contributed by atoms with Gasteiger partial charge in [0.1, 0.15) is 0 Å². The standard InChI is InChI=1S/C14H18N2O2S/c1-11-3-4-12(2)16(10-11)19(17,18)14-7-5-13(9-15)6-8-14/h5-8,11-12H,3-4,10H2,1-2H3. The highest BCUT2D eigenvalue weighted by molar-refractivity contribution is 7.89. The molecule has 1 aromatic carbocycles. The third-order valence-electron chi connectivity index (χ3n) is 3.65. The van der Waals surface area contributed by atoms with E-state index in [0.717, 1.165) is 12.8 Å². The van der Waals surface area contributed by atoms with Crippen LogP contribution in [0.4, 0.5) is 0 Å². The predicted molar refractivity (Wildman–Crippen MR) is 72.9 cm³/mol. The van der Waals surface area contributed by atoms with Gasteiger partial charge in [-0.25, -0.2) is 8.42 Å². The normalized spacial score (nSPS) is 24.9. The highest BCUT2D eigenvalue weighted by Crippen LogP contribution is 2.27. The third kappa shape index (κ3) is 2.80. The van der Waals surface area contributed by atoms with Crippen molar-refractivity contribution >= 4 is 10.0 Å². The average molecular weight is 278 g/mol. The summed E-state index contributed by atoms with van der Waals surface area (Å²) in [5, 5.41) is 8.75. The van der Waals surface area contributed by atoms with Gasteiger partial charge in [-0.15, -0.1) is 0 Å². The number of nitriles is 1. The van der Waals surface area contributed by atoms with Crippen LogP contribution in [0.3, 0.4) is 0 Å². The van der Waals surface area contributed by atoms with Gasteiger partial charge in [-0.05, 0) is 49.9 Å². The maximum Gasteiger partial charge on any atom is 0.243 e. The third-order valence-corrected chi connectivity index (χ3v) is 5.64. The maximum absolute atomic E-state index is 12.6. The molecule has 0 spiro atoms. The molecule has 1 aliphatic rings. The minimum absolute atomic E-state index is 0.0387. The van der Waals surface area contributed by atoms with Gasteiger partial charge in [0.05, 0.1) is 16.5 Å². The van der Waals surface area contributed by atoms with E-state index in [9.17, 15) is 8.42 Å². The number of hydrogen-bond donors (Lipinski definition) is 0. The Labute approximate surface area is 114 Å². The van der Waals surface area contributed by atoms with Crippen LogP contribution in [0.25, 0.3) is 0 Å². The molecule has 1 aromatic rings. The Bertz CT molecular complexity index is 587. The molecule has 19 heavy (non-hydrogen) atoms. The van der Waals surface area contributed by atoms with Gasteiger partial charge in [0.25, 0.3) is 0 Å². The Kier molecular flexibility index (Phi) is 3.93. The van der Waals surface area contributed by atoms with Crippen LogP contribution in [0.2, 0.25) is 0 Å². The van der Waals surface area contributed by atoms with Crippen molar-refractivity contribution in [1.29, 1.82) is 5.26 Å². The minimum atomic E-state index is -3.45. The van der Waals surface area contributed by atoms with Crippen molar-refractivity contribution in [3.8, 4) is 6.07 Å². The first-order chi connectivity index (χ1) is 8.95. The second-order valence-electron chi connectivity index (χ2n) is 5.24. The predicted octanol–water partition coefficient (Wildman–Crippen LogP) is 2.37. The fraction of sp³-hybridized carbons (Fsp3) is 0.500. The van der Waals surface area contributed by atoms with Crippen LogP contribution < -0.4 is 0 Å². The molecule has 1 aliphatic heterocycles. The lowest BCUT2D eigenvalue weighted by Gasteiger charge is -2.35. The molecule has 0 bridgehead atoms. The summed E-state index contributed by atoms with van der Waals surface area (Å²) in [7, 11) is -3.45. The highest BCUT2D eigenvalue weighted by Gasteiger charge is 2.33. The molecule has 0 amide bonds. The monoisotopic (exact) mass is 278 g/mol. The molecule has 1 saturated heterocycles. The van der Waals surface area contributed by atoms with E-state index in [1.807, 2.05) is 13.0 Å². The summed E-state index contributed by atoms with van der Waals surface area (Å²) in [6.07, 6.45) is 1.97. The summed E-state index contributed by atoms with van der Waals surface area (Å²) >= 11 is 0. The SMILES string of the molecule is CC1CCC(C)N(S(=O)(=O)c2ccc(C#N)cc2)C1. The van der Waals surface area contributed by atoms with Crippen molar-refractivity contribution in [3.05, 3.63) is 29.8 Å². The number of piperidine rings is 1. The Morgan fingerprint density at radius 3 is 2.42 bits per heavy atom. The van der Waals surface area contributed by atoms with E-state index >= 15 is 0 Å². The maximum atomic E-state index is 12.6. The van der Waals surface area contributed by atoms with Crippen LogP contribution in [0.5, 0.6) is 0 Å². The molecular weight excluding hydrogens is 260 g/mol. The summed E-state index contributed by atoms with van der Waals surface area (Å²) in [5.41, 5.74) is 0.471. The number of nitrogens with zero attached hydrogens (tertiary/aromatic N) is 2. The van der Waals surface area contributed by atoms with Crippen molar-refractivity contribution in [2.75, 3.05) is 6.54 Å². The average Bonchev–Trinajstić information content (AvgIpc) is 2.41. The van der Waals surface area contributed by atoms with E-state index in [2.05, 4.69) is 6.92 Å². The largest absolute Gasteiger partial charge is 0.243 e. The van der Waals surface area contributed by atoms with Crippen molar-refractivity contribution < 1.29 is 8.42 Å². The molecule has 0 aliphatic carbocycles. The molecule has 2 rings (SSSR count). The molecule has 2 unspecified atom stereocenters. The fourth-order valence-corrected chi connectivity index (χ4v) is 4.20. The summed E-state index contributed by atoms with van der Waals surface area (Å²) in [4.78, 5) is 0.271. The van der Waals surface area contributed by atoms with Crippen LogP contribution in [-0.4, -0.2) is 25.3 Å². The number of sulfonamides is 1. The van der Waals surface area contributed by atoms with Crippen LogP contribution in [0, 0.1) is 17.2 Å². The Hall–Kier alpha value is -1.38. The van der Waals surface area contributed by atoms with E-state index in [-0.39, 0.29) is 10.9 Å². The molecule has 102 valence electrons. The minimum Gasteiger partial charge on any atom is -0.207 e. The van der Waals surface area contributed by atoms with E-state index in [0.29, 0.717) is 18.0 Å². The summed E-state index contributed by atoms with van der Waals surface area (Å²) in [6, 6.07) is 8.15. The van der Waals surface area contributed by atoms with Crippen molar-refractivity contribution in [2.45, 2.75) is 37.6 Å². The summed E-state index contributed by atoms with van der Waals surface area (Å²) in [6.45, 7) is 4.60. The molecule has 0 N–H and O–H groups in total. The summed E-state index contributed by atoms with van der Waals surface area (Å²) < 4.78 is 26.8.